The summed E-state index contributed by atoms with van der Waals surface area (Å²) in [5.41, 5.74) is 1.44. The molecule has 1 atom stereocenters. The van der Waals surface area contributed by atoms with Crippen LogP contribution >= 0.6 is 23.1 Å². The second kappa shape index (κ2) is 6.67. The van der Waals surface area contributed by atoms with Gasteiger partial charge in [0.1, 0.15) is 0 Å². The second-order valence-electron chi connectivity index (χ2n) is 4.99. The topological polar surface area (TPSA) is 12.0 Å². The Bertz CT molecular complexity index is 275. The molecule has 0 aliphatic carbocycles. The Hall–Kier alpha value is 0.01000. The zero-order chi connectivity index (χ0) is 12.0. The largest absolute Gasteiger partial charge is 0.309 e. The number of hydrogen-bond donors (Lipinski definition) is 1. The third-order valence-electron chi connectivity index (χ3n) is 2.27. The fourth-order valence-electron chi connectivity index (χ4n) is 1.40. The van der Waals surface area contributed by atoms with Crippen molar-refractivity contribution in [1.82, 2.24) is 5.32 Å². The number of nitrogens with one attached hydrogen (secondary N) is 1. The molecule has 92 valence electrons. The zero-order valence-corrected chi connectivity index (χ0v) is 12.4. The number of thiophene rings is 1. The number of rotatable bonds is 6. The van der Waals surface area contributed by atoms with E-state index in [1.807, 2.05) is 11.8 Å². The molecule has 0 saturated carbocycles. The summed E-state index contributed by atoms with van der Waals surface area (Å²) in [5, 5.41) is 8.06. The molecule has 16 heavy (non-hydrogen) atoms. The molecular weight excluding hydrogens is 234 g/mol. The average Bonchev–Trinajstić information content (AvgIpc) is 2.69. The van der Waals surface area contributed by atoms with Crippen LogP contribution in [-0.4, -0.2) is 17.0 Å². The van der Waals surface area contributed by atoms with E-state index in [2.05, 4.69) is 49.8 Å². The second-order valence-corrected chi connectivity index (χ2v) is 7.61. The SMILES string of the molecule is CCCNC(CSC(C)(C)C)c1ccsc1. The van der Waals surface area contributed by atoms with Crippen LogP contribution in [0, 0.1) is 0 Å². The summed E-state index contributed by atoms with van der Waals surface area (Å²) < 4.78 is 0.349. The van der Waals surface area contributed by atoms with Gasteiger partial charge in [0.25, 0.3) is 0 Å². The van der Waals surface area contributed by atoms with Crippen molar-refractivity contribution in [1.29, 1.82) is 0 Å². The van der Waals surface area contributed by atoms with Gasteiger partial charge in [-0.05, 0) is 35.4 Å². The van der Waals surface area contributed by atoms with Crippen LogP contribution in [0.4, 0.5) is 0 Å². The van der Waals surface area contributed by atoms with Crippen LogP contribution in [0.5, 0.6) is 0 Å². The molecule has 1 nitrogen and oxygen atoms in total. The summed E-state index contributed by atoms with van der Waals surface area (Å²) in [7, 11) is 0. The molecule has 0 spiro atoms. The summed E-state index contributed by atoms with van der Waals surface area (Å²) in [6.45, 7) is 10.2. The van der Waals surface area contributed by atoms with Gasteiger partial charge < -0.3 is 5.32 Å². The van der Waals surface area contributed by atoms with Crippen LogP contribution in [0.3, 0.4) is 0 Å². The Morgan fingerprint density at radius 2 is 2.19 bits per heavy atom. The number of thioether (sulfide) groups is 1. The van der Waals surface area contributed by atoms with E-state index < -0.39 is 0 Å². The van der Waals surface area contributed by atoms with E-state index in [1.165, 1.54) is 12.0 Å². The van der Waals surface area contributed by atoms with Gasteiger partial charge in [-0.1, -0.05) is 27.7 Å². The van der Waals surface area contributed by atoms with E-state index in [0.717, 1.165) is 12.3 Å². The maximum absolute atomic E-state index is 3.63. The molecule has 0 radical (unpaired) electrons. The van der Waals surface area contributed by atoms with E-state index in [-0.39, 0.29) is 0 Å². The van der Waals surface area contributed by atoms with Crippen LogP contribution in [0.2, 0.25) is 0 Å². The molecule has 0 fully saturated rings. The Labute approximate surface area is 108 Å². The highest BCUT2D eigenvalue weighted by Gasteiger charge is 2.16. The van der Waals surface area contributed by atoms with Crippen LogP contribution in [0.25, 0.3) is 0 Å². The zero-order valence-electron chi connectivity index (χ0n) is 10.7. The lowest BCUT2D eigenvalue weighted by molar-refractivity contribution is 0.577. The monoisotopic (exact) mass is 257 g/mol. The summed E-state index contributed by atoms with van der Waals surface area (Å²) >= 11 is 3.82. The fraction of sp³-hybridized carbons (Fsp3) is 0.692. The van der Waals surface area contributed by atoms with Crippen molar-refractivity contribution in [3.63, 3.8) is 0 Å². The van der Waals surface area contributed by atoms with Gasteiger partial charge in [-0.3, -0.25) is 0 Å². The summed E-state index contributed by atoms with van der Waals surface area (Å²) in [6.07, 6.45) is 1.20. The van der Waals surface area contributed by atoms with Gasteiger partial charge in [-0.15, -0.1) is 0 Å². The summed E-state index contributed by atoms with van der Waals surface area (Å²) in [6, 6.07) is 2.75. The molecule has 1 unspecified atom stereocenters. The van der Waals surface area contributed by atoms with Crippen molar-refractivity contribution in [3.8, 4) is 0 Å². The molecule has 0 bridgehead atoms. The predicted octanol–water partition coefficient (Wildman–Crippen LogP) is 4.32. The van der Waals surface area contributed by atoms with Gasteiger partial charge in [0.15, 0.2) is 0 Å². The van der Waals surface area contributed by atoms with Crippen LogP contribution in [0.1, 0.15) is 45.7 Å². The fourth-order valence-corrected chi connectivity index (χ4v) is 3.09. The number of hydrogen-bond acceptors (Lipinski definition) is 3. The lowest BCUT2D eigenvalue weighted by atomic mass is 10.2. The van der Waals surface area contributed by atoms with Gasteiger partial charge in [-0.2, -0.15) is 23.1 Å². The van der Waals surface area contributed by atoms with Crippen molar-refractivity contribution in [3.05, 3.63) is 22.4 Å². The molecular formula is C13H23NS2. The Balaban J connectivity index is 2.51. The lowest BCUT2D eigenvalue weighted by Gasteiger charge is -2.23. The van der Waals surface area contributed by atoms with Crippen LogP contribution < -0.4 is 5.32 Å². The molecule has 0 aliphatic rings. The van der Waals surface area contributed by atoms with E-state index in [1.54, 1.807) is 11.3 Å². The Morgan fingerprint density at radius 3 is 2.69 bits per heavy atom. The first-order chi connectivity index (χ1) is 7.53. The molecule has 0 aromatic carbocycles. The van der Waals surface area contributed by atoms with Crippen molar-refractivity contribution < 1.29 is 0 Å². The quantitative estimate of drug-likeness (QED) is 0.814. The highest BCUT2D eigenvalue weighted by Crippen LogP contribution is 2.29. The van der Waals surface area contributed by atoms with Gasteiger partial charge in [0.05, 0.1) is 0 Å². The van der Waals surface area contributed by atoms with Gasteiger partial charge >= 0.3 is 0 Å². The predicted molar refractivity (Wildman–Crippen MR) is 77.6 cm³/mol. The van der Waals surface area contributed by atoms with Crippen molar-refractivity contribution in [2.45, 2.75) is 44.9 Å². The minimum atomic E-state index is 0.349. The first-order valence-corrected chi connectivity index (χ1v) is 7.85. The molecule has 0 amide bonds. The molecule has 0 aliphatic heterocycles. The van der Waals surface area contributed by atoms with E-state index in [9.17, 15) is 0 Å². The lowest BCUT2D eigenvalue weighted by Crippen LogP contribution is -2.25. The highest BCUT2D eigenvalue weighted by molar-refractivity contribution is 8.00. The molecule has 1 aromatic rings. The Kier molecular flexibility index (Phi) is 5.87. The third-order valence-corrected chi connectivity index (χ3v) is 4.34. The summed E-state index contributed by atoms with van der Waals surface area (Å²) in [4.78, 5) is 0. The van der Waals surface area contributed by atoms with Crippen molar-refractivity contribution in [2.24, 2.45) is 0 Å². The normalized spacial score (nSPS) is 14.0. The Morgan fingerprint density at radius 1 is 1.44 bits per heavy atom. The molecule has 0 saturated heterocycles. The first-order valence-electron chi connectivity index (χ1n) is 5.92. The van der Waals surface area contributed by atoms with E-state index in [4.69, 9.17) is 0 Å². The van der Waals surface area contributed by atoms with E-state index >= 15 is 0 Å². The minimum absolute atomic E-state index is 0.349. The van der Waals surface area contributed by atoms with Crippen molar-refractivity contribution >= 4 is 23.1 Å². The molecule has 1 N–H and O–H groups in total. The van der Waals surface area contributed by atoms with Gasteiger partial charge in [0.2, 0.25) is 0 Å². The van der Waals surface area contributed by atoms with Crippen LogP contribution in [-0.2, 0) is 0 Å². The first kappa shape index (κ1) is 14.1. The molecule has 1 rings (SSSR count). The molecule has 3 heteroatoms. The van der Waals surface area contributed by atoms with Gasteiger partial charge in [-0.25, -0.2) is 0 Å². The maximum Gasteiger partial charge on any atom is 0.0420 e. The van der Waals surface area contributed by atoms with E-state index in [0.29, 0.717) is 10.8 Å². The average molecular weight is 257 g/mol. The molecule has 1 aromatic heterocycles. The maximum atomic E-state index is 3.63. The minimum Gasteiger partial charge on any atom is -0.309 e. The smallest absolute Gasteiger partial charge is 0.0420 e. The molecule has 1 heterocycles. The van der Waals surface area contributed by atoms with Gasteiger partial charge in [0, 0.05) is 16.5 Å². The third kappa shape index (κ3) is 5.37. The standard InChI is InChI=1S/C13H23NS2/c1-5-7-14-12(10-16-13(2,3)4)11-6-8-15-9-11/h6,8-9,12,14H,5,7,10H2,1-4H3. The van der Waals surface area contributed by atoms with Crippen LogP contribution in [0.15, 0.2) is 16.8 Å². The summed E-state index contributed by atoms with van der Waals surface area (Å²) in [5.74, 6) is 1.15. The van der Waals surface area contributed by atoms with Crippen molar-refractivity contribution in [2.75, 3.05) is 12.3 Å². The highest BCUT2D eigenvalue weighted by atomic mass is 32.2.